The molecule has 1 unspecified atom stereocenters. The van der Waals surface area contributed by atoms with Crippen molar-refractivity contribution in [3.8, 4) is 23.0 Å². The fraction of sp³-hybridized carbons (Fsp3) is 0.486. The molecule has 1 atom stereocenters. The molecule has 258 valence electrons. The van der Waals surface area contributed by atoms with Gasteiger partial charge >= 0.3 is 17.9 Å². The average Bonchev–Trinajstić information content (AvgIpc) is 3.05. The molecule has 0 aliphatic heterocycles. The first-order valence-electron chi connectivity index (χ1n) is 16.6. The van der Waals surface area contributed by atoms with Crippen LogP contribution in [0, 0.1) is 0 Å². The van der Waals surface area contributed by atoms with E-state index < -0.39 is 30.6 Å². The van der Waals surface area contributed by atoms with Crippen LogP contribution in [0.3, 0.4) is 0 Å². The Morgan fingerprint density at radius 1 is 0.596 bits per heavy atom. The Kier molecular flexibility index (Phi) is 18.9. The lowest BCUT2D eigenvalue weighted by atomic mass is 10.0. The van der Waals surface area contributed by atoms with Gasteiger partial charge in [0.2, 0.25) is 0 Å². The molecule has 0 aliphatic rings. The Hall–Kier alpha value is -4.47. The minimum absolute atomic E-state index is 0.227. The molecule has 4 N–H and O–H groups in total. The lowest BCUT2D eigenvalue weighted by Gasteiger charge is -2.17. The molecule has 10 nitrogen and oxygen atoms in total. The highest BCUT2D eigenvalue weighted by atomic mass is 16.6. The van der Waals surface area contributed by atoms with Crippen LogP contribution in [0.2, 0.25) is 0 Å². The van der Waals surface area contributed by atoms with Gasteiger partial charge in [-0.2, -0.15) is 0 Å². The van der Waals surface area contributed by atoms with Gasteiger partial charge in [-0.3, -0.25) is 4.79 Å². The van der Waals surface area contributed by atoms with Crippen molar-refractivity contribution in [2.24, 2.45) is 0 Å². The maximum absolute atomic E-state index is 12.5. The molecule has 10 heteroatoms. The average molecular weight is 655 g/mol. The molecule has 2 aromatic carbocycles. The maximum atomic E-state index is 12.5. The van der Waals surface area contributed by atoms with E-state index in [0.717, 1.165) is 31.4 Å². The Morgan fingerprint density at radius 2 is 1.04 bits per heavy atom. The number of carbonyl (C=O) groups is 3. The van der Waals surface area contributed by atoms with Crippen molar-refractivity contribution < 1.29 is 49.0 Å². The second-order valence-electron chi connectivity index (χ2n) is 11.5. The van der Waals surface area contributed by atoms with Gasteiger partial charge in [0.15, 0.2) is 29.1 Å². The standard InChI is InChI=1S/C37H50O10/c1-2-3-4-5-6-7-8-9-10-11-12-13-14-15-35(42)45-26-30(47-37(44)23-19-29-17-21-32(39)34(41)25-29)27-46-36(43)22-18-28-16-20-31(38)33(40)24-28/h16-25,30,38-41H,2-15,26-27H2,1H3/b22-18+,23-19+. The predicted molar refractivity (Wildman–Crippen MR) is 180 cm³/mol. The number of hydrogen-bond acceptors (Lipinski definition) is 10. The molecule has 2 rings (SSSR count). The van der Waals surface area contributed by atoms with E-state index >= 15 is 0 Å². The van der Waals surface area contributed by atoms with Gasteiger partial charge < -0.3 is 34.6 Å². The third kappa shape index (κ3) is 17.7. The van der Waals surface area contributed by atoms with Crippen LogP contribution < -0.4 is 0 Å². The van der Waals surface area contributed by atoms with Gasteiger partial charge in [-0.05, 0) is 54.0 Å². The van der Waals surface area contributed by atoms with Crippen LogP contribution in [-0.4, -0.2) is 57.7 Å². The summed E-state index contributed by atoms with van der Waals surface area (Å²) < 4.78 is 15.9. The van der Waals surface area contributed by atoms with E-state index in [1.807, 2.05) is 0 Å². The summed E-state index contributed by atoms with van der Waals surface area (Å²) in [6.07, 6.45) is 19.6. The van der Waals surface area contributed by atoms with Crippen LogP contribution in [-0.2, 0) is 28.6 Å². The van der Waals surface area contributed by atoms with Crippen LogP contribution in [0.4, 0.5) is 0 Å². The number of carbonyl (C=O) groups excluding carboxylic acids is 3. The zero-order valence-corrected chi connectivity index (χ0v) is 27.4. The molecular formula is C37H50O10. The van der Waals surface area contributed by atoms with E-state index in [9.17, 15) is 34.8 Å². The quantitative estimate of drug-likeness (QED) is 0.0307. The van der Waals surface area contributed by atoms with Crippen molar-refractivity contribution in [3.05, 3.63) is 59.7 Å². The molecule has 0 radical (unpaired) electrons. The number of esters is 3. The Balaban J connectivity index is 1.77. The molecule has 47 heavy (non-hydrogen) atoms. The lowest BCUT2D eigenvalue weighted by Crippen LogP contribution is -2.30. The summed E-state index contributed by atoms with van der Waals surface area (Å²) in [5.41, 5.74) is 0.864. The Morgan fingerprint density at radius 3 is 1.53 bits per heavy atom. The molecule has 0 amide bonds. The van der Waals surface area contributed by atoms with Gasteiger partial charge in [0, 0.05) is 18.6 Å². The van der Waals surface area contributed by atoms with Crippen LogP contribution in [0.5, 0.6) is 23.0 Å². The van der Waals surface area contributed by atoms with Crippen molar-refractivity contribution in [1.82, 2.24) is 0 Å². The largest absolute Gasteiger partial charge is 0.504 e. The van der Waals surface area contributed by atoms with Crippen LogP contribution in [0.15, 0.2) is 48.6 Å². The van der Waals surface area contributed by atoms with Crippen molar-refractivity contribution in [2.75, 3.05) is 13.2 Å². The van der Waals surface area contributed by atoms with Gasteiger partial charge in [0.1, 0.15) is 13.2 Å². The van der Waals surface area contributed by atoms with Gasteiger partial charge in [0.25, 0.3) is 0 Å². The van der Waals surface area contributed by atoms with E-state index in [0.29, 0.717) is 17.5 Å². The normalized spacial score (nSPS) is 11.9. The third-order valence-electron chi connectivity index (χ3n) is 7.43. The molecule has 0 heterocycles. The number of unbranched alkanes of at least 4 members (excludes halogenated alkanes) is 12. The molecule has 0 spiro atoms. The second kappa shape index (κ2) is 22.9. The molecule has 0 saturated heterocycles. The number of hydrogen-bond donors (Lipinski definition) is 4. The summed E-state index contributed by atoms with van der Waals surface area (Å²) in [6.45, 7) is 1.52. The summed E-state index contributed by atoms with van der Waals surface area (Å²) in [5.74, 6) is -3.31. The minimum Gasteiger partial charge on any atom is -0.504 e. The topological polar surface area (TPSA) is 160 Å². The third-order valence-corrected chi connectivity index (χ3v) is 7.43. The number of phenolic OH excluding ortho intramolecular Hbond substituents is 4. The first kappa shape index (κ1) is 38.7. The van der Waals surface area contributed by atoms with Crippen molar-refractivity contribution in [2.45, 2.75) is 103 Å². The minimum atomic E-state index is -1.09. The van der Waals surface area contributed by atoms with E-state index in [2.05, 4.69) is 6.92 Å². The van der Waals surface area contributed by atoms with Crippen molar-refractivity contribution in [1.29, 1.82) is 0 Å². The molecule has 2 aromatic rings. The summed E-state index contributed by atoms with van der Waals surface area (Å²) in [7, 11) is 0. The van der Waals surface area contributed by atoms with Gasteiger partial charge in [0.05, 0.1) is 0 Å². The SMILES string of the molecule is CCCCCCCCCCCCCCCC(=O)OCC(COC(=O)/C=C/c1ccc(O)c(O)c1)OC(=O)/C=C/c1ccc(O)c(O)c1. The monoisotopic (exact) mass is 654 g/mol. The molecule has 0 saturated carbocycles. The lowest BCUT2D eigenvalue weighted by molar-refractivity contribution is -0.162. The van der Waals surface area contributed by atoms with E-state index in [4.69, 9.17) is 14.2 Å². The highest BCUT2D eigenvalue weighted by molar-refractivity contribution is 5.88. The maximum Gasteiger partial charge on any atom is 0.331 e. The van der Waals surface area contributed by atoms with E-state index in [-0.39, 0.29) is 36.0 Å². The van der Waals surface area contributed by atoms with Crippen molar-refractivity contribution >= 4 is 30.1 Å². The van der Waals surface area contributed by atoms with E-state index in [1.54, 1.807) is 0 Å². The first-order chi connectivity index (χ1) is 22.7. The van der Waals surface area contributed by atoms with Crippen LogP contribution in [0.25, 0.3) is 12.2 Å². The number of rotatable bonds is 23. The zero-order chi connectivity index (χ0) is 34.3. The smallest absolute Gasteiger partial charge is 0.331 e. The zero-order valence-electron chi connectivity index (χ0n) is 27.4. The summed E-state index contributed by atoms with van der Waals surface area (Å²) in [4.78, 5) is 37.2. The van der Waals surface area contributed by atoms with Crippen LogP contribution >= 0.6 is 0 Å². The molecule has 0 fully saturated rings. The molecule has 0 aromatic heterocycles. The molecular weight excluding hydrogens is 604 g/mol. The second-order valence-corrected chi connectivity index (χ2v) is 11.5. The van der Waals surface area contributed by atoms with Gasteiger partial charge in [-0.15, -0.1) is 0 Å². The van der Waals surface area contributed by atoms with Crippen molar-refractivity contribution in [3.63, 3.8) is 0 Å². The molecule has 0 bridgehead atoms. The number of phenols is 4. The Labute approximate surface area is 277 Å². The fourth-order valence-electron chi connectivity index (χ4n) is 4.70. The number of aromatic hydroxyl groups is 4. The highest BCUT2D eigenvalue weighted by Crippen LogP contribution is 2.26. The number of benzene rings is 2. The van der Waals surface area contributed by atoms with Gasteiger partial charge in [-0.1, -0.05) is 96.1 Å². The summed E-state index contributed by atoms with van der Waals surface area (Å²) in [6, 6.07) is 8.04. The van der Waals surface area contributed by atoms with Gasteiger partial charge in [-0.25, -0.2) is 9.59 Å². The first-order valence-corrected chi connectivity index (χ1v) is 16.6. The number of ether oxygens (including phenoxy) is 3. The summed E-state index contributed by atoms with van der Waals surface area (Å²) >= 11 is 0. The Bertz CT molecular complexity index is 1300. The predicted octanol–water partition coefficient (Wildman–Crippen LogP) is 7.72. The molecule has 0 aliphatic carbocycles. The highest BCUT2D eigenvalue weighted by Gasteiger charge is 2.18. The fourth-order valence-corrected chi connectivity index (χ4v) is 4.70. The summed E-state index contributed by atoms with van der Waals surface area (Å²) in [5, 5.41) is 38.1. The van der Waals surface area contributed by atoms with E-state index in [1.165, 1.54) is 106 Å². The van der Waals surface area contributed by atoms with Crippen LogP contribution in [0.1, 0.15) is 108 Å².